The molecule has 110 valence electrons. The van der Waals surface area contributed by atoms with E-state index in [-0.39, 0.29) is 11.5 Å². The quantitative estimate of drug-likeness (QED) is 0.856. The van der Waals surface area contributed by atoms with Gasteiger partial charge in [-0.15, -0.1) is 0 Å². The molecule has 1 heterocycles. The molecule has 4 heteroatoms. The summed E-state index contributed by atoms with van der Waals surface area (Å²) in [4.78, 5) is 0. The third-order valence-electron chi connectivity index (χ3n) is 3.10. The van der Waals surface area contributed by atoms with Crippen molar-refractivity contribution in [2.45, 2.75) is 60.0 Å². The van der Waals surface area contributed by atoms with E-state index in [0.29, 0.717) is 6.04 Å². The van der Waals surface area contributed by atoms with E-state index < -0.39 is 0 Å². The Bertz CT molecular complexity index is 391. The van der Waals surface area contributed by atoms with Gasteiger partial charge in [0.05, 0.1) is 25.0 Å². The molecule has 0 bridgehead atoms. The molecule has 1 aromatic rings. The van der Waals surface area contributed by atoms with Gasteiger partial charge in [0.15, 0.2) is 5.75 Å². The van der Waals surface area contributed by atoms with Gasteiger partial charge in [0.2, 0.25) is 0 Å². The molecule has 0 fully saturated rings. The Balaban J connectivity index is 3.16. The molecule has 0 radical (unpaired) electrons. The SMILES string of the molecule is CCNC(CC(C)(C)C)c1c(OC)cnn1C(C)C. The van der Waals surface area contributed by atoms with Crippen LogP contribution in [0.3, 0.4) is 0 Å². The van der Waals surface area contributed by atoms with Gasteiger partial charge in [0.25, 0.3) is 0 Å². The number of nitrogens with one attached hydrogen (secondary N) is 1. The number of hydrogen-bond acceptors (Lipinski definition) is 3. The van der Waals surface area contributed by atoms with E-state index in [1.807, 2.05) is 6.20 Å². The lowest BCUT2D eigenvalue weighted by atomic mass is 9.86. The van der Waals surface area contributed by atoms with Crippen LogP contribution in [0.4, 0.5) is 0 Å². The maximum Gasteiger partial charge on any atom is 0.161 e. The monoisotopic (exact) mass is 267 g/mol. The minimum absolute atomic E-state index is 0.254. The van der Waals surface area contributed by atoms with Crippen molar-refractivity contribution in [2.24, 2.45) is 5.41 Å². The van der Waals surface area contributed by atoms with Gasteiger partial charge in [0.1, 0.15) is 0 Å². The maximum absolute atomic E-state index is 5.49. The van der Waals surface area contributed by atoms with Crippen molar-refractivity contribution in [1.82, 2.24) is 15.1 Å². The Hall–Kier alpha value is -1.03. The van der Waals surface area contributed by atoms with Crippen LogP contribution in [-0.2, 0) is 0 Å². The highest BCUT2D eigenvalue weighted by molar-refractivity contribution is 5.29. The molecule has 0 aliphatic carbocycles. The van der Waals surface area contributed by atoms with Crippen LogP contribution in [0.2, 0.25) is 0 Å². The molecule has 1 N–H and O–H groups in total. The van der Waals surface area contributed by atoms with Crippen LogP contribution in [-0.4, -0.2) is 23.4 Å². The molecule has 0 spiro atoms. The topological polar surface area (TPSA) is 39.1 Å². The molecule has 1 aromatic heterocycles. The smallest absolute Gasteiger partial charge is 0.161 e. The second kappa shape index (κ2) is 6.42. The van der Waals surface area contributed by atoms with Crippen LogP contribution < -0.4 is 10.1 Å². The maximum atomic E-state index is 5.49. The summed E-state index contributed by atoms with van der Waals surface area (Å²) in [6.45, 7) is 14.2. The predicted octanol–water partition coefficient (Wildman–Crippen LogP) is 3.56. The second-order valence-electron chi connectivity index (χ2n) is 6.51. The normalized spacial score (nSPS) is 13.9. The number of nitrogens with zero attached hydrogens (tertiary/aromatic N) is 2. The first-order chi connectivity index (χ1) is 8.80. The Morgan fingerprint density at radius 2 is 2.00 bits per heavy atom. The number of aromatic nitrogens is 2. The van der Waals surface area contributed by atoms with E-state index in [9.17, 15) is 0 Å². The third kappa shape index (κ3) is 4.23. The molecule has 1 atom stereocenters. The first kappa shape index (κ1) is 16.0. The van der Waals surface area contributed by atoms with Crippen LogP contribution in [0.1, 0.15) is 65.7 Å². The van der Waals surface area contributed by atoms with Crippen molar-refractivity contribution >= 4 is 0 Å². The Labute approximate surface area is 117 Å². The van der Waals surface area contributed by atoms with Gasteiger partial charge in [-0.25, -0.2) is 0 Å². The third-order valence-corrected chi connectivity index (χ3v) is 3.10. The number of rotatable bonds is 6. The highest BCUT2D eigenvalue weighted by Crippen LogP contribution is 2.35. The Morgan fingerprint density at radius 3 is 2.42 bits per heavy atom. The minimum atomic E-state index is 0.254. The molecule has 0 amide bonds. The van der Waals surface area contributed by atoms with E-state index in [0.717, 1.165) is 24.4 Å². The highest BCUT2D eigenvalue weighted by Gasteiger charge is 2.26. The standard InChI is InChI=1S/C15H29N3O/c1-8-16-12(9-15(4,5)6)14-13(19-7)10-17-18(14)11(2)3/h10-12,16H,8-9H2,1-7H3. The summed E-state index contributed by atoms with van der Waals surface area (Å²) in [5.74, 6) is 0.879. The van der Waals surface area contributed by atoms with Crippen molar-refractivity contribution in [3.63, 3.8) is 0 Å². The number of hydrogen-bond donors (Lipinski definition) is 1. The molecular formula is C15H29N3O. The van der Waals surface area contributed by atoms with Gasteiger partial charge in [-0.1, -0.05) is 27.7 Å². The van der Waals surface area contributed by atoms with Crippen LogP contribution in [0.25, 0.3) is 0 Å². The molecule has 0 aliphatic heterocycles. The summed E-state index contributed by atoms with van der Waals surface area (Å²) in [6, 6.07) is 0.602. The first-order valence-corrected chi connectivity index (χ1v) is 7.15. The zero-order chi connectivity index (χ0) is 14.6. The lowest BCUT2D eigenvalue weighted by Crippen LogP contribution is -2.28. The average Bonchev–Trinajstić information content (AvgIpc) is 2.70. The minimum Gasteiger partial charge on any atom is -0.493 e. The molecule has 19 heavy (non-hydrogen) atoms. The Kier molecular flexibility index (Phi) is 5.41. The summed E-state index contributed by atoms with van der Waals surface area (Å²) >= 11 is 0. The van der Waals surface area contributed by atoms with Crippen LogP contribution >= 0.6 is 0 Å². The fraction of sp³-hybridized carbons (Fsp3) is 0.800. The van der Waals surface area contributed by atoms with Crippen molar-refractivity contribution < 1.29 is 4.74 Å². The second-order valence-corrected chi connectivity index (χ2v) is 6.51. The highest BCUT2D eigenvalue weighted by atomic mass is 16.5. The summed E-state index contributed by atoms with van der Waals surface area (Å²) in [5, 5.41) is 8.04. The molecule has 0 aliphatic rings. The van der Waals surface area contributed by atoms with Crippen molar-refractivity contribution in [2.75, 3.05) is 13.7 Å². The van der Waals surface area contributed by atoms with Gasteiger partial charge in [-0.05, 0) is 32.2 Å². The van der Waals surface area contributed by atoms with Gasteiger partial charge in [-0.3, -0.25) is 4.68 Å². The number of methoxy groups -OCH3 is 1. The number of ether oxygens (including phenoxy) is 1. The molecule has 0 saturated carbocycles. The molecule has 1 rings (SSSR count). The molecule has 0 saturated heterocycles. The summed E-state index contributed by atoms with van der Waals surface area (Å²) < 4.78 is 7.56. The van der Waals surface area contributed by atoms with Crippen molar-refractivity contribution in [3.05, 3.63) is 11.9 Å². The van der Waals surface area contributed by atoms with Crippen LogP contribution in [0.15, 0.2) is 6.20 Å². The zero-order valence-electron chi connectivity index (χ0n) is 13.4. The van der Waals surface area contributed by atoms with E-state index >= 15 is 0 Å². The fourth-order valence-corrected chi connectivity index (χ4v) is 2.38. The summed E-state index contributed by atoms with van der Waals surface area (Å²) in [5.41, 5.74) is 1.42. The van der Waals surface area contributed by atoms with Crippen molar-refractivity contribution in [1.29, 1.82) is 0 Å². The van der Waals surface area contributed by atoms with E-state index in [2.05, 4.69) is 56.6 Å². The van der Waals surface area contributed by atoms with E-state index in [4.69, 9.17) is 4.74 Å². The van der Waals surface area contributed by atoms with Gasteiger partial charge in [-0.2, -0.15) is 5.10 Å². The first-order valence-electron chi connectivity index (χ1n) is 7.15. The molecular weight excluding hydrogens is 238 g/mol. The van der Waals surface area contributed by atoms with Crippen LogP contribution in [0, 0.1) is 5.41 Å². The molecule has 1 unspecified atom stereocenters. The van der Waals surface area contributed by atoms with Gasteiger partial charge in [0, 0.05) is 6.04 Å². The van der Waals surface area contributed by atoms with Gasteiger partial charge >= 0.3 is 0 Å². The largest absolute Gasteiger partial charge is 0.493 e. The van der Waals surface area contributed by atoms with E-state index in [1.165, 1.54) is 0 Å². The fourth-order valence-electron chi connectivity index (χ4n) is 2.38. The Morgan fingerprint density at radius 1 is 1.37 bits per heavy atom. The predicted molar refractivity (Wildman–Crippen MR) is 79.7 cm³/mol. The van der Waals surface area contributed by atoms with Gasteiger partial charge < -0.3 is 10.1 Å². The summed E-state index contributed by atoms with van der Waals surface area (Å²) in [6.07, 6.45) is 2.87. The zero-order valence-corrected chi connectivity index (χ0v) is 13.4. The van der Waals surface area contributed by atoms with Crippen molar-refractivity contribution in [3.8, 4) is 5.75 Å². The summed E-state index contributed by atoms with van der Waals surface area (Å²) in [7, 11) is 1.71. The lowest BCUT2D eigenvalue weighted by molar-refractivity contribution is 0.292. The van der Waals surface area contributed by atoms with E-state index in [1.54, 1.807) is 7.11 Å². The molecule has 4 nitrogen and oxygen atoms in total. The average molecular weight is 267 g/mol. The molecule has 0 aromatic carbocycles. The van der Waals surface area contributed by atoms with Crippen LogP contribution in [0.5, 0.6) is 5.75 Å². The lowest BCUT2D eigenvalue weighted by Gasteiger charge is -2.28.